The van der Waals surface area contributed by atoms with Crippen molar-refractivity contribution in [3.8, 4) is 11.1 Å². The number of nitrogens with zero attached hydrogens (tertiary/aromatic N) is 4. The lowest BCUT2D eigenvalue weighted by Crippen LogP contribution is -2.37. The van der Waals surface area contributed by atoms with Crippen molar-refractivity contribution >= 4 is 46.6 Å². The fraction of sp³-hybridized carbons (Fsp3) is 0.320. The van der Waals surface area contributed by atoms with E-state index in [-0.39, 0.29) is 11.9 Å². The van der Waals surface area contributed by atoms with Gasteiger partial charge in [0.15, 0.2) is 0 Å². The molecule has 0 atom stereocenters. The number of hydrogen-bond acceptors (Lipinski definition) is 6. The van der Waals surface area contributed by atoms with Crippen LogP contribution in [0.5, 0.6) is 0 Å². The zero-order chi connectivity index (χ0) is 23.8. The second kappa shape index (κ2) is 9.41. The summed E-state index contributed by atoms with van der Waals surface area (Å²) in [4.78, 5) is 26.4. The molecule has 2 aliphatic heterocycles. The Morgan fingerprint density at radius 1 is 1.00 bits per heavy atom. The first kappa shape index (κ1) is 22.9. The Hall–Kier alpha value is -2.87. The van der Waals surface area contributed by atoms with E-state index in [2.05, 4.69) is 10.3 Å². The third kappa shape index (κ3) is 4.43. The molecule has 1 N–H and O–H groups in total. The summed E-state index contributed by atoms with van der Waals surface area (Å²) < 4.78 is 5.47. The Bertz CT molecular complexity index is 1230. The zero-order valence-corrected chi connectivity index (χ0v) is 20.5. The summed E-state index contributed by atoms with van der Waals surface area (Å²) in [6, 6.07) is 13.5. The monoisotopic (exact) mass is 497 g/mol. The number of ether oxygens (including phenoxy) is 1. The number of nitrogens with one attached hydrogen (secondary N) is 1. The molecule has 176 valence electrons. The van der Waals surface area contributed by atoms with Crippen molar-refractivity contribution < 1.29 is 9.53 Å². The highest BCUT2D eigenvalue weighted by Crippen LogP contribution is 2.35. The predicted octanol–water partition coefficient (Wildman–Crippen LogP) is 5.39. The maximum atomic E-state index is 13.1. The Balaban J connectivity index is 1.50. The Morgan fingerprint density at radius 3 is 2.38 bits per heavy atom. The fourth-order valence-corrected chi connectivity index (χ4v) is 4.52. The van der Waals surface area contributed by atoms with Crippen LogP contribution in [-0.2, 0) is 11.3 Å². The number of carbonyl (C=O) groups excluding carboxylic acids is 1. The topological polar surface area (TPSA) is 70.6 Å². The minimum Gasteiger partial charge on any atom is -0.378 e. The third-order valence-electron chi connectivity index (χ3n) is 6.10. The molecule has 3 aromatic rings. The summed E-state index contributed by atoms with van der Waals surface area (Å²) in [6.07, 6.45) is 0. The molecule has 3 heterocycles. The van der Waals surface area contributed by atoms with Gasteiger partial charge in [-0.2, -0.15) is 4.98 Å². The highest BCUT2D eigenvalue weighted by molar-refractivity contribution is 6.33. The van der Waals surface area contributed by atoms with Crippen LogP contribution in [0, 0.1) is 0 Å². The number of fused-ring (bicyclic) bond motifs is 1. The number of anilines is 3. The van der Waals surface area contributed by atoms with E-state index in [1.54, 1.807) is 4.90 Å². The molecule has 2 aliphatic rings. The maximum Gasteiger partial charge on any atom is 0.273 e. The summed E-state index contributed by atoms with van der Waals surface area (Å²) in [5.41, 5.74) is 3.95. The molecule has 0 unspecified atom stereocenters. The SMILES string of the molecule is CC(C)N1Cc2c(Nc3ccc(-c4ccc(Cl)cc4)cc3Cl)nc(N3CCOCC3)nc2C1=O. The van der Waals surface area contributed by atoms with E-state index in [9.17, 15) is 4.79 Å². The van der Waals surface area contributed by atoms with Gasteiger partial charge in [0, 0.05) is 29.7 Å². The average molecular weight is 498 g/mol. The highest BCUT2D eigenvalue weighted by Gasteiger charge is 2.35. The molecular weight excluding hydrogens is 473 g/mol. The van der Waals surface area contributed by atoms with Crippen molar-refractivity contribution in [1.82, 2.24) is 14.9 Å². The van der Waals surface area contributed by atoms with Crippen molar-refractivity contribution in [2.24, 2.45) is 0 Å². The molecule has 1 aromatic heterocycles. The molecule has 1 fully saturated rings. The van der Waals surface area contributed by atoms with E-state index in [0.29, 0.717) is 66.0 Å². The smallest absolute Gasteiger partial charge is 0.273 e. The van der Waals surface area contributed by atoms with E-state index in [4.69, 9.17) is 32.9 Å². The van der Waals surface area contributed by atoms with Crippen molar-refractivity contribution in [2.75, 3.05) is 36.5 Å². The van der Waals surface area contributed by atoms with Crippen LogP contribution in [0.2, 0.25) is 10.0 Å². The normalized spacial score (nSPS) is 15.7. The Kier molecular flexibility index (Phi) is 6.34. The first-order valence-corrected chi connectivity index (χ1v) is 12.0. The molecule has 5 rings (SSSR count). The number of amides is 1. The van der Waals surface area contributed by atoms with Gasteiger partial charge in [-0.1, -0.05) is 41.4 Å². The lowest BCUT2D eigenvalue weighted by atomic mass is 10.1. The van der Waals surface area contributed by atoms with Crippen LogP contribution in [0.15, 0.2) is 42.5 Å². The second-order valence-electron chi connectivity index (χ2n) is 8.65. The van der Waals surface area contributed by atoms with Crippen LogP contribution < -0.4 is 10.2 Å². The number of carbonyl (C=O) groups is 1. The molecule has 0 bridgehead atoms. The van der Waals surface area contributed by atoms with Crippen molar-refractivity contribution in [2.45, 2.75) is 26.4 Å². The van der Waals surface area contributed by atoms with Gasteiger partial charge in [-0.3, -0.25) is 4.79 Å². The van der Waals surface area contributed by atoms with Gasteiger partial charge in [-0.15, -0.1) is 0 Å². The number of hydrogen-bond donors (Lipinski definition) is 1. The molecule has 2 aromatic carbocycles. The van der Waals surface area contributed by atoms with Crippen molar-refractivity contribution in [3.63, 3.8) is 0 Å². The molecule has 9 heteroatoms. The number of halogens is 2. The molecule has 0 saturated carbocycles. The first-order valence-electron chi connectivity index (χ1n) is 11.3. The van der Waals surface area contributed by atoms with E-state index in [1.165, 1.54) is 0 Å². The summed E-state index contributed by atoms with van der Waals surface area (Å²) >= 11 is 12.7. The molecule has 0 radical (unpaired) electrons. The lowest BCUT2D eigenvalue weighted by Gasteiger charge is -2.27. The molecule has 0 aliphatic carbocycles. The van der Waals surface area contributed by atoms with E-state index < -0.39 is 0 Å². The minimum atomic E-state index is -0.0749. The number of aromatic nitrogens is 2. The van der Waals surface area contributed by atoms with Gasteiger partial charge < -0.3 is 19.9 Å². The molecule has 0 spiro atoms. The third-order valence-corrected chi connectivity index (χ3v) is 6.67. The van der Waals surface area contributed by atoms with Crippen molar-refractivity contribution in [1.29, 1.82) is 0 Å². The van der Waals surface area contributed by atoms with Gasteiger partial charge in [0.05, 0.1) is 30.5 Å². The van der Waals surface area contributed by atoms with Crippen LogP contribution >= 0.6 is 23.2 Å². The zero-order valence-electron chi connectivity index (χ0n) is 19.0. The fourth-order valence-electron chi connectivity index (χ4n) is 4.17. The van der Waals surface area contributed by atoms with Crippen LogP contribution in [0.1, 0.15) is 29.9 Å². The minimum absolute atomic E-state index is 0.0589. The van der Waals surface area contributed by atoms with Gasteiger partial charge in [0.2, 0.25) is 5.95 Å². The van der Waals surface area contributed by atoms with Gasteiger partial charge in [0.25, 0.3) is 5.91 Å². The average Bonchev–Trinajstić information content (AvgIpc) is 3.18. The number of benzene rings is 2. The Labute approximate surface area is 208 Å². The van der Waals surface area contributed by atoms with Gasteiger partial charge in [-0.25, -0.2) is 4.98 Å². The molecule has 1 amide bonds. The number of morpholine rings is 1. The second-order valence-corrected chi connectivity index (χ2v) is 9.50. The van der Waals surface area contributed by atoms with Crippen LogP contribution in [0.3, 0.4) is 0 Å². The largest absolute Gasteiger partial charge is 0.378 e. The molecular formula is C25H25Cl2N5O2. The van der Waals surface area contributed by atoms with Crippen molar-refractivity contribution in [3.05, 3.63) is 63.8 Å². The van der Waals surface area contributed by atoms with Crippen LogP contribution in [0.25, 0.3) is 11.1 Å². The quantitative estimate of drug-likeness (QED) is 0.509. The van der Waals surface area contributed by atoms with E-state index >= 15 is 0 Å². The summed E-state index contributed by atoms with van der Waals surface area (Å²) in [6.45, 7) is 7.02. The highest BCUT2D eigenvalue weighted by atomic mass is 35.5. The van der Waals surface area contributed by atoms with Crippen LogP contribution in [-0.4, -0.2) is 53.1 Å². The summed E-state index contributed by atoms with van der Waals surface area (Å²) in [5, 5.41) is 4.62. The first-order chi connectivity index (χ1) is 16.4. The summed E-state index contributed by atoms with van der Waals surface area (Å²) in [7, 11) is 0. The van der Waals surface area contributed by atoms with Gasteiger partial charge >= 0.3 is 0 Å². The standard InChI is InChI=1S/C25H25Cl2N5O2/c1-15(2)32-14-19-22(24(32)33)29-25(31-9-11-34-12-10-31)30-23(19)28-21-8-5-17(13-20(21)27)16-3-6-18(26)7-4-16/h3-8,13,15H,9-12,14H2,1-2H3,(H,28,29,30). The van der Waals surface area contributed by atoms with E-state index in [1.807, 2.05) is 61.2 Å². The molecule has 34 heavy (non-hydrogen) atoms. The Morgan fingerprint density at radius 2 is 1.71 bits per heavy atom. The summed E-state index contributed by atoms with van der Waals surface area (Å²) in [5.74, 6) is 1.05. The predicted molar refractivity (Wildman–Crippen MR) is 135 cm³/mol. The molecule has 7 nitrogen and oxygen atoms in total. The molecule has 1 saturated heterocycles. The van der Waals surface area contributed by atoms with E-state index in [0.717, 1.165) is 16.7 Å². The lowest BCUT2D eigenvalue weighted by molar-refractivity contribution is 0.0726. The van der Waals surface area contributed by atoms with Gasteiger partial charge in [-0.05, 0) is 49.2 Å². The maximum absolute atomic E-state index is 13.1. The number of rotatable bonds is 5. The van der Waals surface area contributed by atoms with Crippen LogP contribution in [0.4, 0.5) is 17.5 Å². The van der Waals surface area contributed by atoms with Gasteiger partial charge in [0.1, 0.15) is 11.5 Å².